The highest BCUT2D eigenvalue weighted by Gasteiger charge is 2.12. The molecule has 2 aromatic heterocycles. The second-order valence-corrected chi connectivity index (χ2v) is 5.47. The fraction of sp³-hybridized carbons (Fsp3) is 0.214. The average molecular weight is 349 g/mol. The molecule has 21 heavy (non-hydrogen) atoms. The molecule has 0 amide bonds. The van der Waals surface area contributed by atoms with Crippen LogP contribution >= 0.6 is 15.9 Å². The molecule has 108 valence electrons. The standard InChI is InChI=1S/C14H13BrN4O2/c1-2-19-12-6-4-3-5-9(12)11(17-19)8-18-13(20)10(15)7-16-14(18)21/h3-7H,2,8H2,1H3,(H,16,21). The average Bonchev–Trinajstić information content (AvgIpc) is 2.86. The van der Waals surface area contributed by atoms with E-state index in [9.17, 15) is 9.59 Å². The van der Waals surface area contributed by atoms with Gasteiger partial charge in [-0.15, -0.1) is 0 Å². The highest BCUT2D eigenvalue weighted by Crippen LogP contribution is 2.18. The molecule has 7 heteroatoms. The van der Waals surface area contributed by atoms with Gasteiger partial charge in [-0.3, -0.25) is 14.0 Å². The maximum atomic E-state index is 12.1. The van der Waals surface area contributed by atoms with Crippen molar-refractivity contribution in [1.82, 2.24) is 19.3 Å². The maximum absolute atomic E-state index is 12.1. The number of aryl methyl sites for hydroxylation is 1. The number of para-hydroxylation sites is 1. The van der Waals surface area contributed by atoms with Gasteiger partial charge in [0.15, 0.2) is 0 Å². The van der Waals surface area contributed by atoms with E-state index < -0.39 is 5.69 Å². The van der Waals surface area contributed by atoms with E-state index in [1.54, 1.807) is 0 Å². The van der Waals surface area contributed by atoms with Gasteiger partial charge in [-0.25, -0.2) is 4.79 Å². The van der Waals surface area contributed by atoms with Crippen LogP contribution in [0.4, 0.5) is 0 Å². The van der Waals surface area contributed by atoms with Crippen LogP contribution in [-0.2, 0) is 13.1 Å². The number of nitrogens with one attached hydrogen (secondary N) is 1. The number of rotatable bonds is 3. The first-order valence-corrected chi connectivity index (χ1v) is 7.33. The van der Waals surface area contributed by atoms with Crippen LogP contribution in [0.3, 0.4) is 0 Å². The maximum Gasteiger partial charge on any atom is 0.328 e. The van der Waals surface area contributed by atoms with E-state index in [1.165, 1.54) is 6.20 Å². The summed E-state index contributed by atoms with van der Waals surface area (Å²) in [4.78, 5) is 26.5. The lowest BCUT2D eigenvalue weighted by Gasteiger charge is -2.02. The summed E-state index contributed by atoms with van der Waals surface area (Å²) in [5, 5.41) is 5.45. The number of nitrogens with zero attached hydrogens (tertiary/aromatic N) is 3. The molecule has 0 unspecified atom stereocenters. The van der Waals surface area contributed by atoms with Gasteiger partial charge in [-0.1, -0.05) is 18.2 Å². The Morgan fingerprint density at radius 2 is 2.05 bits per heavy atom. The van der Waals surface area contributed by atoms with Crippen molar-refractivity contribution in [2.24, 2.45) is 0 Å². The lowest BCUT2D eigenvalue weighted by atomic mass is 10.2. The van der Waals surface area contributed by atoms with Crippen LogP contribution in [0, 0.1) is 0 Å². The molecule has 0 atom stereocenters. The van der Waals surface area contributed by atoms with Crippen molar-refractivity contribution in [3.05, 3.63) is 61.5 Å². The molecular weight excluding hydrogens is 336 g/mol. The number of aromatic amines is 1. The molecule has 1 aromatic carbocycles. The smallest absolute Gasteiger partial charge is 0.313 e. The molecular formula is C14H13BrN4O2. The highest BCUT2D eigenvalue weighted by atomic mass is 79.9. The lowest BCUT2D eigenvalue weighted by Crippen LogP contribution is -2.35. The van der Waals surface area contributed by atoms with Gasteiger partial charge < -0.3 is 4.98 Å². The zero-order valence-corrected chi connectivity index (χ0v) is 12.9. The van der Waals surface area contributed by atoms with Crippen molar-refractivity contribution < 1.29 is 0 Å². The second-order valence-electron chi connectivity index (χ2n) is 4.61. The van der Waals surface area contributed by atoms with E-state index in [2.05, 4.69) is 26.0 Å². The third-order valence-corrected chi connectivity index (χ3v) is 3.93. The van der Waals surface area contributed by atoms with Crippen molar-refractivity contribution in [3.63, 3.8) is 0 Å². The Hall–Kier alpha value is -2.15. The van der Waals surface area contributed by atoms with Crippen molar-refractivity contribution in [2.75, 3.05) is 0 Å². The summed E-state index contributed by atoms with van der Waals surface area (Å²) in [6.07, 6.45) is 1.35. The second kappa shape index (κ2) is 5.33. The summed E-state index contributed by atoms with van der Waals surface area (Å²) >= 11 is 3.13. The number of H-pyrrole nitrogens is 1. The van der Waals surface area contributed by atoms with Gasteiger partial charge in [0.1, 0.15) is 0 Å². The third-order valence-electron chi connectivity index (χ3n) is 3.36. The Balaban J connectivity index is 2.18. The van der Waals surface area contributed by atoms with Crippen molar-refractivity contribution in [2.45, 2.75) is 20.0 Å². The molecule has 0 saturated heterocycles. The molecule has 0 fully saturated rings. The SMILES string of the molecule is CCn1nc(Cn2c(=O)[nH]cc(Br)c2=O)c2ccccc21. The molecule has 0 aliphatic carbocycles. The van der Waals surface area contributed by atoms with Crippen molar-refractivity contribution >= 4 is 26.8 Å². The molecule has 3 aromatic rings. The van der Waals surface area contributed by atoms with Crippen LogP contribution in [0.15, 0.2) is 44.5 Å². The van der Waals surface area contributed by atoms with Crippen LogP contribution in [0.25, 0.3) is 10.9 Å². The number of benzene rings is 1. The van der Waals surface area contributed by atoms with Gasteiger partial charge in [0.25, 0.3) is 5.56 Å². The highest BCUT2D eigenvalue weighted by molar-refractivity contribution is 9.10. The first kappa shape index (κ1) is 13.8. The Kier molecular flexibility index (Phi) is 3.50. The lowest BCUT2D eigenvalue weighted by molar-refractivity contribution is 0.632. The summed E-state index contributed by atoms with van der Waals surface area (Å²) in [5.74, 6) is 0. The Bertz CT molecular complexity index is 923. The number of hydrogen-bond acceptors (Lipinski definition) is 3. The molecule has 0 aliphatic rings. The van der Waals surface area contributed by atoms with Crippen molar-refractivity contribution in [1.29, 1.82) is 0 Å². The van der Waals surface area contributed by atoms with E-state index in [1.807, 2.05) is 35.9 Å². The quantitative estimate of drug-likeness (QED) is 0.783. The van der Waals surface area contributed by atoms with E-state index >= 15 is 0 Å². The van der Waals surface area contributed by atoms with Crippen LogP contribution in [0.5, 0.6) is 0 Å². The summed E-state index contributed by atoms with van der Waals surface area (Å²) in [5.41, 5.74) is 0.889. The molecule has 2 heterocycles. The summed E-state index contributed by atoms with van der Waals surface area (Å²) in [6.45, 7) is 2.87. The molecule has 0 bridgehead atoms. The van der Waals surface area contributed by atoms with Crippen LogP contribution in [0.2, 0.25) is 0 Å². The van der Waals surface area contributed by atoms with E-state index in [4.69, 9.17) is 0 Å². The Morgan fingerprint density at radius 1 is 1.29 bits per heavy atom. The largest absolute Gasteiger partial charge is 0.328 e. The molecule has 3 rings (SSSR count). The molecule has 0 radical (unpaired) electrons. The molecule has 0 saturated carbocycles. The minimum atomic E-state index is -0.446. The first-order valence-electron chi connectivity index (χ1n) is 6.54. The third kappa shape index (κ3) is 2.33. The zero-order chi connectivity index (χ0) is 15.0. The van der Waals surface area contributed by atoms with Gasteiger partial charge in [0.2, 0.25) is 0 Å². The summed E-state index contributed by atoms with van der Waals surface area (Å²) in [7, 11) is 0. The van der Waals surface area contributed by atoms with Gasteiger partial charge in [-0.2, -0.15) is 5.10 Å². The van der Waals surface area contributed by atoms with Crippen molar-refractivity contribution in [3.8, 4) is 0 Å². The van der Waals surface area contributed by atoms with Crippen LogP contribution in [-0.4, -0.2) is 19.3 Å². The minimum absolute atomic E-state index is 0.140. The monoisotopic (exact) mass is 348 g/mol. The number of fused-ring (bicyclic) bond motifs is 1. The molecule has 6 nitrogen and oxygen atoms in total. The summed E-state index contributed by atoms with van der Waals surface area (Å²) < 4.78 is 3.32. The number of halogens is 1. The molecule has 1 N–H and O–H groups in total. The summed E-state index contributed by atoms with van der Waals surface area (Å²) in [6, 6.07) is 7.78. The predicted molar refractivity (Wildman–Crippen MR) is 83.5 cm³/mol. The number of hydrogen-bond donors (Lipinski definition) is 1. The van der Waals surface area contributed by atoms with E-state index in [0.717, 1.165) is 22.0 Å². The van der Waals surface area contributed by atoms with Crippen LogP contribution in [0.1, 0.15) is 12.6 Å². The molecule has 0 spiro atoms. The van der Waals surface area contributed by atoms with Gasteiger partial charge in [-0.05, 0) is 28.9 Å². The predicted octanol–water partition coefficient (Wildman–Crippen LogP) is 1.72. The van der Waals surface area contributed by atoms with Crippen LogP contribution < -0.4 is 11.2 Å². The zero-order valence-electron chi connectivity index (χ0n) is 11.3. The Labute approximate surface area is 128 Å². The van der Waals surface area contributed by atoms with Gasteiger partial charge in [0, 0.05) is 18.1 Å². The van der Waals surface area contributed by atoms with Gasteiger partial charge in [0.05, 0.1) is 22.2 Å². The first-order chi connectivity index (χ1) is 10.1. The number of aromatic nitrogens is 4. The molecule has 0 aliphatic heterocycles. The topological polar surface area (TPSA) is 72.7 Å². The fourth-order valence-corrected chi connectivity index (χ4v) is 2.66. The normalized spacial score (nSPS) is 11.1. The minimum Gasteiger partial charge on any atom is -0.313 e. The fourth-order valence-electron chi connectivity index (χ4n) is 2.33. The van der Waals surface area contributed by atoms with Gasteiger partial charge >= 0.3 is 5.69 Å². The van der Waals surface area contributed by atoms with E-state index in [-0.39, 0.29) is 12.1 Å². The Morgan fingerprint density at radius 3 is 2.81 bits per heavy atom. The van der Waals surface area contributed by atoms with E-state index in [0.29, 0.717) is 10.2 Å².